The molecular formula is C20H31NO3. The highest BCUT2D eigenvalue weighted by Gasteiger charge is 2.50. The molecule has 0 aromatic heterocycles. The Morgan fingerprint density at radius 3 is 2.67 bits per heavy atom. The van der Waals surface area contributed by atoms with Crippen molar-refractivity contribution in [2.75, 3.05) is 20.2 Å². The summed E-state index contributed by atoms with van der Waals surface area (Å²) in [6, 6.07) is 10.5. The summed E-state index contributed by atoms with van der Waals surface area (Å²) < 4.78 is 12.1. The molecular weight excluding hydrogens is 302 g/mol. The standard InChI is InChI=1S/C20H31NO3/c1-14(22)18-12-21(11-16-8-6-5-7-9-16)13-19-17(18)10-20(3,23-4)15(2)24-19/h5-9,14-15,17-19,22H,10-13H2,1-4H3. The molecule has 2 aliphatic heterocycles. The average molecular weight is 333 g/mol. The number of aliphatic hydroxyl groups is 1. The first-order valence-electron chi connectivity index (χ1n) is 9.08. The summed E-state index contributed by atoms with van der Waals surface area (Å²) in [6.07, 6.45) is 0.842. The summed E-state index contributed by atoms with van der Waals surface area (Å²) in [5.41, 5.74) is 1.04. The quantitative estimate of drug-likeness (QED) is 0.920. The van der Waals surface area contributed by atoms with E-state index in [0.717, 1.165) is 26.1 Å². The minimum absolute atomic E-state index is 0.0649. The first kappa shape index (κ1) is 17.9. The Labute approximate surface area is 145 Å². The van der Waals surface area contributed by atoms with Crippen LogP contribution in [0.15, 0.2) is 30.3 Å². The van der Waals surface area contributed by atoms with Crippen LogP contribution in [0.3, 0.4) is 0 Å². The van der Waals surface area contributed by atoms with Crippen LogP contribution in [0.5, 0.6) is 0 Å². The van der Waals surface area contributed by atoms with E-state index in [1.54, 1.807) is 7.11 Å². The highest BCUT2D eigenvalue weighted by atomic mass is 16.6. The monoisotopic (exact) mass is 333 g/mol. The van der Waals surface area contributed by atoms with Gasteiger partial charge in [0.2, 0.25) is 0 Å². The van der Waals surface area contributed by atoms with Crippen LogP contribution in [0.2, 0.25) is 0 Å². The van der Waals surface area contributed by atoms with Crippen molar-refractivity contribution in [3.8, 4) is 0 Å². The van der Waals surface area contributed by atoms with Gasteiger partial charge in [-0.05, 0) is 38.7 Å². The molecule has 4 nitrogen and oxygen atoms in total. The van der Waals surface area contributed by atoms with Crippen LogP contribution >= 0.6 is 0 Å². The second-order valence-electron chi connectivity index (χ2n) is 7.79. The number of aliphatic hydroxyl groups excluding tert-OH is 1. The van der Waals surface area contributed by atoms with Crippen LogP contribution in [0.25, 0.3) is 0 Å². The van der Waals surface area contributed by atoms with Crippen LogP contribution in [0.4, 0.5) is 0 Å². The zero-order valence-corrected chi connectivity index (χ0v) is 15.3. The zero-order valence-electron chi connectivity index (χ0n) is 15.3. The van der Waals surface area contributed by atoms with E-state index in [2.05, 4.69) is 43.0 Å². The van der Waals surface area contributed by atoms with Crippen LogP contribution in [0, 0.1) is 11.8 Å². The van der Waals surface area contributed by atoms with Gasteiger partial charge >= 0.3 is 0 Å². The number of ether oxygens (including phenoxy) is 2. The summed E-state index contributed by atoms with van der Waals surface area (Å²) in [7, 11) is 1.77. The smallest absolute Gasteiger partial charge is 0.0912 e. The fourth-order valence-corrected chi connectivity index (χ4v) is 4.37. The Morgan fingerprint density at radius 2 is 2.04 bits per heavy atom. The molecule has 2 aliphatic rings. The molecule has 6 unspecified atom stereocenters. The second-order valence-corrected chi connectivity index (χ2v) is 7.79. The predicted molar refractivity (Wildman–Crippen MR) is 94.7 cm³/mol. The van der Waals surface area contributed by atoms with E-state index in [9.17, 15) is 5.11 Å². The fourth-order valence-electron chi connectivity index (χ4n) is 4.37. The van der Waals surface area contributed by atoms with E-state index in [-0.39, 0.29) is 29.8 Å². The lowest BCUT2D eigenvalue weighted by Gasteiger charge is -2.53. The molecule has 1 aromatic carbocycles. The minimum atomic E-state index is -0.339. The van der Waals surface area contributed by atoms with Gasteiger partial charge in [-0.3, -0.25) is 4.90 Å². The van der Waals surface area contributed by atoms with E-state index >= 15 is 0 Å². The normalized spacial score (nSPS) is 38.5. The fraction of sp³-hybridized carbons (Fsp3) is 0.700. The summed E-state index contributed by atoms with van der Waals surface area (Å²) in [6.45, 7) is 8.89. The molecule has 1 aromatic rings. The van der Waals surface area contributed by atoms with Crippen molar-refractivity contribution in [1.29, 1.82) is 0 Å². The topological polar surface area (TPSA) is 41.9 Å². The number of likely N-dealkylation sites (tertiary alicyclic amines) is 1. The Morgan fingerprint density at radius 1 is 1.33 bits per heavy atom. The van der Waals surface area contributed by atoms with Crippen molar-refractivity contribution < 1.29 is 14.6 Å². The minimum Gasteiger partial charge on any atom is -0.393 e. The van der Waals surface area contributed by atoms with Gasteiger partial charge in [0.1, 0.15) is 0 Å². The molecule has 4 heteroatoms. The number of hydrogen-bond acceptors (Lipinski definition) is 4. The van der Waals surface area contributed by atoms with Crippen molar-refractivity contribution in [2.45, 2.75) is 57.6 Å². The van der Waals surface area contributed by atoms with Crippen LogP contribution < -0.4 is 0 Å². The molecule has 2 fully saturated rings. The van der Waals surface area contributed by atoms with Gasteiger partial charge in [0, 0.05) is 32.7 Å². The highest BCUT2D eigenvalue weighted by Crippen LogP contribution is 2.42. The Balaban J connectivity index is 1.76. The second kappa shape index (κ2) is 7.12. The number of rotatable bonds is 4. The average Bonchev–Trinajstić information content (AvgIpc) is 2.56. The predicted octanol–water partition coefficient (Wildman–Crippen LogP) is 2.70. The molecule has 0 radical (unpaired) electrons. The number of piperidine rings is 1. The number of methoxy groups -OCH3 is 1. The number of benzene rings is 1. The largest absolute Gasteiger partial charge is 0.393 e. The third-order valence-electron chi connectivity index (χ3n) is 6.15. The van der Waals surface area contributed by atoms with E-state index < -0.39 is 0 Å². The molecule has 2 heterocycles. The molecule has 0 aliphatic carbocycles. The molecule has 3 rings (SSSR count). The van der Waals surface area contributed by atoms with Crippen LogP contribution in [-0.4, -0.2) is 54.1 Å². The first-order chi connectivity index (χ1) is 11.4. The molecule has 134 valence electrons. The van der Waals surface area contributed by atoms with Crippen molar-refractivity contribution >= 4 is 0 Å². The van der Waals surface area contributed by atoms with Crippen LogP contribution in [-0.2, 0) is 16.0 Å². The lowest BCUT2D eigenvalue weighted by molar-refractivity contribution is -0.227. The third kappa shape index (κ3) is 3.52. The number of nitrogens with zero attached hydrogens (tertiary/aromatic N) is 1. The van der Waals surface area contributed by atoms with Gasteiger partial charge in [-0.25, -0.2) is 0 Å². The Kier molecular flexibility index (Phi) is 5.30. The summed E-state index contributed by atoms with van der Waals surface area (Å²) in [5.74, 6) is 0.563. The summed E-state index contributed by atoms with van der Waals surface area (Å²) in [5, 5.41) is 10.4. The van der Waals surface area contributed by atoms with Gasteiger partial charge in [0.05, 0.1) is 23.9 Å². The molecule has 0 spiro atoms. The first-order valence-corrected chi connectivity index (χ1v) is 9.08. The molecule has 0 amide bonds. The molecule has 24 heavy (non-hydrogen) atoms. The Bertz CT molecular complexity index is 535. The van der Waals surface area contributed by atoms with Crippen molar-refractivity contribution in [3.05, 3.63) is 35.9 Å². The third-order valence-corrected chi connectivity index (χ3v) is 6.15. The molecule has 2 saturated heterocycles. The van der Waals surface area contributed by atoms with E-state index in [1.165, 1.54) is 5.56 Å². The molecule has 6 atom stereocenters. The van der Waals surface area contributed by atoms with Gasteiger partial charge in [0.25, 0.3) is 0 Å². The molecule has 0 bridgehead atoms. The highest BCUT2D eigenvalue weighted by molar-refractivity contribution is 5.15. The SMILES string of the molecule is COC1(C)CC2C(CN(Cc3ccccc3)CC2C(C)O)OC1C. The Hall–Kier alpha value is -0.940. The number of hydrogen-bond donors (Lipinski definition) is 1. The number of fused-ring (bicyclic) bond motifs is 1. The van der Waals surface area contributed by atoms with Gasteiger partial charge in [0.15, 0.2) is 0 Å². The molecule has 1 N–H and O–H groups in total. The maximum Gasteiger partial charge on any atom is 0.0912 e. The summed E-state index contributed by atoms with van der Waals surface area (Å²) >= 11 is 0. The van der Waals surface area contributed by atoms with Crippen LogP contribution in [0.1, 0.15) is 32.8 Å². The van der Waals surface area contributed by atoms with Crippen molar-refractivity contribution in [3.63, 3.8) is 0 Å². The van der Waals surface area contributed by atoms with Crippen molar-refractivity contribution in [2.24, 2.45) is 11.8 Å². The van der Waals surface area contributed by atoms with E-state index in [4.69, 9.17) is 9.47 Å². The van der Waals surface area contributed by atoms with Crippen molar-refractivity contribution in [1.82, 2.24) is 4.90 Å². The zero-order chi connectivity index (χ0) is 17.3. The van der Waals surface area contributed by atoms with E-state index in [1.807, 2.05) is 13.0 Å². The van der Waals surface area contributed by atoms with Gasteiger partial charge in [-0.2, -0.15) is 0 Å². The summed E-state index contributed by atoms with van der Waals surface area (Å²) in [4.78, 5) is 2.43. The maximum atomic E-state index is 10.4. The van der Waals surface area contributed by atoms with Gasteiger partial charge in [-0.15, -0.1) is 0 Å². The lowest BCUT2D eigenvalue weighted by atomic mass is 9.71. The van der Waals surface area contributed by atoms with Gasteiger partial charge < -0.3 is 14.6 Å². The van der Waals surface area contributed by atoms with Gasteiger partial charge in [-0.1, -0.05) is 30.3 Å². The van der Waals surface area contributed by atoms with E-state index in [0.29, 0.717) is 5.92 Å². The lowest BCUT2D eigenvalue weighted by Crippen LogP contribution is -2.61. The molecule has 0 saturated carbocycles. The maximum absolute atomic E-state index is 10.4.